The lowest BCUT2D eigenvalue weighted by molar-refractivity contribution is 0.105. The molecule has 1 atom stereocenters. The highest BCUT2D eigenvalue weighted by atomic mass is 16.5. The zero-order valence-electron chi connectivity index (χ0n) is 14.7. The predicted octanol–water partition coefficient (Wildman–Crippen LogP) is 1.18. The summed E-state index contributed by atoms with van der Waals surface area (Å²) in [5.41, 5.74) is 3.82. The van der Waals surface area contributed by atoms with Crippen LogP contribution in [-0.4, -0.2) is 47.7 Å². The van der Waals surface area contributed by atoms with Crippen molar-refractivity contribution in [2.45, 2.75) is 26.0 Å². The van der Waals surface area contributed by atoms with Crippen LogP contribution in [0.3, 0.4) is 0 Å². The van der Waals surface area contributed by atoms with Gasteiger partial charge in [-0.15, -0.1) is 10.2 Å². The third-order valence-corrected chi connectivity index (χ3v) is 3.47. The van der Waals surface area contributed by atoms with Gasteiger partial charge in [-0.25, -0.2) is 5.84 Å². The normalized spacial score (nSPS) is 12.1. The van der Waals surface area contributed by atoms with E-state index in [0.29, 0.717) is 35.6 Å². The zero-order chi connectivity index (χ0) is 18.2. The Balaban J connectivity index is 2.16. The molecular weight excluding hydrogens is 322 g/mol. The van der Waals surface area contributed by atoms with Gasteiger partial charge in [0, 0.05) is 24.2 Å². The molecule has 8 heteroatoms. The van der Waals surface area contributed by atoms with Crippen molar-refractivity contribution in [1.82, 2.24) is 15.5 Å². The maximum atomic E-state index is 10.0. The summed E-state index contributed by atoms with van der Waals surface area (Å²) >= 11 is 0. The minimum Gasteiger partial charge on any atom is -0.497 e. The summed E-state index contributed by atoms with van der Waals surface area (Å²) in [7, 11) is 1.59. The van der Waals surface area contributed by atoms with E-state index in [1.807, 2.05) is 26.0 Å². The Morgan fingerprint density at radius 1 is 1.20 bits per heavy atom. The van der Waals surface area contributed by atoms with Gasteiger partial charge in [-0.1, -0.05) is 13.8 Å². The zero-order valence-corrected chi connectivity index (χ0v) is 14.7. The van der Waals surface area contributed by atoms with Crippen LogP contribution in [0.2, 0.25) is 0 Å². The van der Waals surface area contributed by atoms with Gasteiger partial charge < -0.3 is 25.3 Å². The monoisotopic (exact) mass is 347 g/mol. The van der Waals surface area contributed by atoms with Crippen molar-refractivity contribution in [3.05, 3.63) is 30.3 Å². The van der Waals surface area contributed by atoms with Gasteiger partial charge in [0.1, 0.15) is 24.2 Å². The summed E-state index contributed by atoms with van der Waals surface area (Å²) in [6, 6.07) is 9.22. The topological polar surface area (TPSA) is 115 Å². The first kappa shape index (κ1) is 18.9. The van der Waals surface area contributed by atoms with E-state index in [9.17, 15) is 5.11 Å². The van der Waals surface area contributed by atoms with Crippen LogP contribution in [0.5, 0.6) is 11.5 Å². The van der Waals surface area contributed by atoms with Crippen molar-refractivity contribution in [1.29, 1.82) is 0 Å². The minimum atomic E-state index is -0.628. The molecule has 1 unspecified atom stereocenters. The second kappa shape index (κ2) is 9.16. The van der Waals surface area contributed by atoms with E-state index in [-0.39, 0.29) is 6.61 Å². The largest absolute Gasteiger partial charge is 0.497 e. The number of benzene rings is 1. The summed E-state index contributed by atoms with van der Waals surface area (Å²) in [5, 5.41) is 21.3. The molecule has 0 fully saturated rings. The molecule has 1 aromatic carbocycles. The molecule has 0 amide bonds. The molecule has 0 aliphatic carbocycles. The number of nitrogens with zero attached hydrogens (tertiary/aromatic N) is 2. The standard InChI is InChI=1S/C17H25N5O3/c1-11(2)19-9-12(23)10-25-16-8-13(24-3)4-5-14(16)15-6-7-17(20-18)22-21-15/h4-8,11-12,19,23H,9-10,18H2,1-3H3,(H,20,22). The molecule has 0 spiro atoms. The SMILES string of the molecule is COc1ccc(-c2ccc(NN)nn2)c(OCC(O)CNC(C)C)c1. The molecule has 0 aliphatic heterocycles. The third-order valence-electron chi connectivity index (χ3n) is 3.47. The van der Waals surface area contributed by atoms with E-state index in [1.54, 1.807) is 25.3 Å². The smallest absolute Gasteiger partial charge is 0.162 e. The maximum absolute atomic E-state index is 10.0. The second-order valence-corrected chi connectivity index (χ2v) is 5.84. The van der Waals surface area contributed by atoms with Crippen LogP contribution < -0.4 is 26.1 Å². The van der Waals surface area contributed by atoms with E-state index in [1.165, 1.54) is 0 Å². The van der Waals surface area contributed by atoms with E-state index in [0.717, 1.165) is 5.56 Å². The molecule has 0 bridgehead atoms. The van der Waals surface area contributed by atoms with Gasteiger partial charge in [-0.2, -0.15) is 0 Å². The Bertz CT molecular complexity index is 664. The number of nitrogen functional groups attached to an aromatic ring is 1. The Hall–Kier alpha value is -2.42. The van der Waals surface area contributed by atoms with Crippen LogP contribution in [0, 0.1) is 0 Å². The Kier molecular flexibility index (Phi) is 6.93. The number of ether oxygens (including phenoxy) is 2. The Labute approximate surface area is 147 Å². The average Bonchev–Trinajstić information content (AvgIpc) is 2.64. The molecule has 0 aliphatic rings. The fraction of sp³-hybridized carbons (Fsp3) is 0.412. The molecule has 2 aromatic rings. The first-order valence-electron chi connectivity index (χ1n) is 8.06. The molecule has 25 heavy (non-hydrogen) atoms. The van der Waals surface area contributed by atoms with Crippen molar-refractivity contribution >= 4 is 5.82 Å². The molecule has 8 nitrogen and oxygen atoms in total. The van der Waals surface area contributed by atoms with Crippen molar-refractivity contribution in [2.24, 2.45) is 5.84 Å². The van der Waals surface area contributed by atoms with Crippen LogP contribution >= 0.6 is 0 Å². The molecule has 0 saturated heterocycles. The van der Waals surface area contributed by atoms with Crippen LogP contribution in [0.25, 0.3) is 11.3 Å². The highest BCUT2D eigenvalue weighted by Gasteiger charge is 2.13. The average molecular weight is 347 g/mol. The van der Waals surface area contributed by atoms with Gasteiger partial charge >= 0.3 is 0 Å². The lowest BCUT2D eigenvalue weighted by Crippen LogP contribution is -2.35. The summed E-state index contributed by atoms with van der Waals surface area (Å²) in [5.74, 6) is 6.99. The lowest BCUT2D eigenvalue weighted by Gasteiger charge is -2.17. The van der Waals surface area contributed by atoms with Crippen LogP contribution in [-0.2, 0) is 0 Å². The van der Waals surface area contributed by atoms with E-state index < -0.39 is 6.10 Å². The molecule has 1 aromatic heterocycles. The number of hydrogen-bond donors (Lipinski definition) is 4. The van der Waals surface area contributed by atoms with Crippen LogP contribution in [0.1, 0.15) is 13.8 Å². The summed E-state index contributed by atoms with van der Waals surface area (Å²) in [6.07, 6.45) is -0.628. The molecule has 1 heterocycles. The first-order chi connectivity index (χ1) is 12.0. The van der Waals surface area contributed by atoms with Crippen LogP contribution in [0.4, 0.5) is 5.82 Å². The summed E-state index contributed by atoms with van der Waals surface area (Å²) in [4.78, 5) is 0. The van der Waals surface area contributed by atoms with Crippen molar-refractivity contribution in [3.8, 4) is 22.8 Å². The van der Waals surface area contributed by atoms with E-state index >= 15 is 0 Å². The number of hydrogen-bond acceptors (Lipinski definition) is 8. The molecular formula is C17H25N5O3. The second-order valence-electron chi connectivity index (χ2n) is 5.84. The number of rotatable bonds is 9. The fourth-order valence-electron chi connectivity index (χ4n) is 2.13. The molecule has 136 valence electrons. The number of methoxy groups -OCH3 is 1. The van der Waals surface area contributed by atoms with E-state index in [4.69, 9.17) is 15.3 Å². The first-order valence-corrected chi connectivity index (χ1v) is 8.06. The lowest BCUT2D eigenvalue weighted by atomic mass is 10.1. The summed E-state index contributed by atoms with van der Waals surface area (Å²) in [6.45, 7) is 4.64. The Morgan fingerprint density at radius 2 is 2.00 bits per heavy atom. The molecule has 0 radical (unpaired) electrons. The maximum Gasteiger partial charge on any atom is 0.162 e. The summed E-state index contributed by atoms with van der Waals surface area (Å²) < 4.78 is 11.1. The fourth-order valence-corrected chi connectivity index (χ4v) is 2.13. The third kappa shape index (κ3) is 5.56. The number of nitrogens with one attached hydrogen (secondary N) is 2. The highest BCUT2D eigenvalue weighted by molar-refractivity contribution is 5.68. The van der Waals surface area contributed by atoms with Crippen molar-refractivity contribution in [2.75, 3.05) is 25.7 Å². The van der Waals surface area contributed by atoms with Gasteiger partial charge in [-0.3, -0.25) is 0 Å². The number of aromatic nitrogens is 2. The number of nitrogens with two attached hydrogens (primary N) is 1. The number of aliphatic hydroxyl groups is 1. The quantitative estimate of drug-likeness (QED) is 0.395. The van der Waals surface area contributed by atoms with Gasteiger partial charge in [0.2, 0.25) is 0 Å². The molecule has 2 rings (SSSR count). The van der Waals surface area contributed by atoms with Crippen LogP contribution in [0.15, 0.2) is 30.3 Å². The molecule has 5 N–H and O–H groups in total. The predicted molar refractivity (Wildman–Crippen MR) is 96.5 cm³/mol. The van der Waals surface area contributed by atoms with Crippen molar-refractivity contribution < 1.29 is 14.6 Å². The number of aliphatic hydroxyl groups excluding tert-OH is 1. The molecule has 0 saturated carbocycles. The Morgan fingerprint density at radius 3 is 2.60 bits per heavy atom. The van der Waals surface area contributed by atoms with Gasteiger partial charge in [0.25, 0.3) is 0 Å². The number of anilines is 1. The number of hydrazine groups is 1. The highest BCUT2D eigenvalue weighted by Crippen LogP contribution is 2.32. The van der Waals surface area contributed by atoms with Gasteiger partial charge in [0.05, 0.1) is 12.8 Å². The van der Waals surface area contributed by atoms with Gasteiger partial charge in [-0.05, 0) is 24.3 Å². The van der Waals surface area contributed by atoms with E-state index in [2.05, 4.69) is 20.9 Å². The van der Waals surface area contributed by atoms with Gasteiger partial charge in [0.15, 0.2) is 5.82 Å². The van der Waals surface area contributed by atoms with Crippen molar-refractivity contribution in [3.63, 3.8) is 0 Å². The minimum absolute atomic E-state index is 0.149.